The van der Waals surface area contributed by atoms with E-state index in [-0.39, 0.29) is 31.3 Å². The van der Waals surface area contributed by atoms with Crippen molar-refractivity contribution in [1.82, 2.24) is 35.7 Å². The lowest BCUT2D eigenvalue weighted by Crippen LogP contribution is -2.52. The third-order valence-corrected chi connectivity index (χ3v) is 9.92. The second-order valence-electron chi connectivity index (χ2n) is 13.4. The number of carbonyl (C=O) groups is 3. The lowest BCUT2D eigenvalue weighted by molar-refractivity contribution is -0.132. The first-order valence-electron chi connectivity index (χ1n) is 17.7. The van der Waals surface area contributed by atoms with Crippen LogP contribution in [0.3, 0.4) is 0 Å². The highest BCUT2D eigenvalue weighted by Crippen LogP contribution is 2.23. The smallest absolute Gasteiger partial charge is 0.407 e. The highest BCUT2D eigenvalue weighted by Gasteiger charge is 2.32. The minimum Gasteiger partial charge on any atom is -0.465 e. The first-order chi connectivity index (χ1) is 25.4. The van der Waals surface area contributed by atoms with Crippen LogP contribution in [0, 0.1) is 5.92 Å². The Balaban J connectivity index is 1.17. The van der Waals surface area contributed by atoms with E-state index in [2.05, 4.69) is 68.6 Å². The topological polar surface area (TPSA) is 142 Å². The summed E-state index contributed by atoms with van der Waals surface area (Å²) in [5.74, 6) is -0.493. The molecule has 7 rings (SSSR count). The molecule has 1 fully saturated rings. The molecule has 0 radical (unpaired) electrons. The highest BCUT2D eigenvalue weighted by atomic mass is 16.4. The number of hydrogen-bond donors (Lipinski definition) is 3. The van der Waals surface area contributed by atoms with E-state index in [1.165, 1.54) is 4.90 Å². The van der Waals surface area contributed by atoms with Gasteiger partial charge >= 0.3 is 6.09 Å². The molecule has 52 heavy (non-hydrogen) atoms. The van der Waals surface area contributed by atoms with Gasteiger partial charge < -0.3 is 20.6 Å². The zero-order valence-electron chi connectivity index (χ0n) is 28.8. The number of hydrogen-bond acceptors (Lipinski definition) is 6. The van der Waals surface area contributed by atoms with Crippen molar-refractivity contribution in [2.45, 2.75) is 50.7 Å². The molecule has 3 N–H and O–H groups in total. The van der Waals surface area contributed by atoms with Crippen molar-refractivity contribution >= 4 is 39.5 Å². The van der Waals surface area contributed by atoms with Crippen LogP contribution < -0.4 is 10.6 Å². The van der Waals surface area contributed by atoms with Gasteiger partial charge in [0.1, 0.15) is 6.04 Å². The van der Waals surface area contributed by atoms with Gasteiger partial charge in [-0.15, -0.1) is 5.10 Å². The summed E-state index contributed by atoms with van der Waals surface area (Å²) in [4.78, 5) is 41.0. The molecule has 1 saturated heterocycles. The van der Waals surface area contributed by atoms with Crippen LogP contribution >= 0.6 is 0 Å². The lowest BCUT2D eigenvalue weighted by atomic mass is 9.94. The molecule has 1 aliphatic heterocycles. The van der Waals surface area contributed by atoms with E-state index in [0.29, 0.717) is 38.1 Å². The minimum absolute atomic E-state index is 0.259. The molecule has 0 saturated carbocycles. The SMILES string of the molecule is O=C(N[C@H](Cc1ccc2ccccc2c1)C(=O)N[C@H](Cc1ccc2ccccc2c1)c1nnnn1CCc1ccccc1)C1CCN(C(=O)O)CC1. The van der Waals surface area contributed by atoms with Crippen molar-refractivity contribution in [2.75, 3.05) is 13.1 Å². The van der Waals surface area contributed by atoms with Gasteiger partial charge in [-0.1, -0.05) is 115 Å². The number of nitrogens with one attached hydrogen (secondary N) is 2. The molecular formula is C41H41N7O4. The van der Waals surface area contributed by atoms with Crippen molar-refractivity contribution in [2.24, 2.45) is 5.92 Å². The number of fused-ring (bicyclic) bond motifs is 2. The fraction of sp³-hybridized carbons (Fsp3) is 0.268. The number of tetrazole rings is 1. The van der Waals surface area contributed by atoms with Crippen LogP contribution in [0.15, 0.2) is 115 Å². The summed E-state index contributed by atoms with van der Waals surface area (Å²) < 4.78 is 1.74. The van der Waals surface area contributed by atoms with Gasteiger partial charge in [0, 0.05) is 38.4 Å². The first kappa shape index (κ1) is 34.4. The molecule has 0 bridgehead atoms. The van der Waals surface area contributed by atoms with E-state index in [4.69, 9.17) is 0 Å². The van der Waals surface area contributed by atoms with Crippen LogP contribution in [0.25, 0.3) is 21.5 Å². The molecule has 0 unspecified atom stereocenters. The number of aryl methyl sites for hydroxylation is 2. The van der Waals surface area contributed by atoms with E-state index in [1.807, 2.05) is 72.8 Å². The molecule has 6 aromatic rings. The zero-order valence-corrected chi connectivity index (χ0v) is 28.8. The number of carboxylic acid groups (broad SMARTS) is 1. The van der Waals surface area contributed by atoms with Gasteiger partial charge in [0.2, 0.25) is 11.8 Å². The van der Waals surface area contributed by atoms with Gasteiger partial charge in [-0.25, -0.2) is 9.48 Å². The van der Waals surface area contributed by atoms with Crippen LogP contribution in [-0.2, 0) is 35.4 Å². The summed E-state index contributed by atoms with van der Waals surface area (Å²) in [7, 11) is 0. The molecular weight excluding hydrogens is 654 g/mol. The van der Waals surface area contributed by atoms with Crippen molar-refractivity contribution in [3.8, 4) is 0 Å². The Labute approximate surface area is 301 Å². The Morgan fingerprint density at radius 1 is 0.712 bits per heavy atom. The number of likely N-dealkylation sites (tertiary alicyclic amines) is 1. The number of carbonyl (C=O) groups excluding carboxylic acids is 2. The van der Waals surface area contributed by atoms with Crippen LogP contribution in [-0.4, -0.2) is 67.3 Å². The van der Waals surface area contributed by atoms with E-state index in [9.17, 15) is 19.5 Å². The maximum atomic E-state index is 14.5. The third kappa shape index (κ3) is 8.26. The number of rotatable bonds is 12. The van der Waals surface area contributed by atoms with E-state index >= 15 is 0 Å². The molecule has 3 amide bonds. The summed E-state index contributed by atoms with van der Waals surface area (Å²) in [6.45, 7) is 1.06. The first-order valence-corrected chi connectivity index (χ1v) is 17.7. The van der Waals surface area contributed by atoms with Gasteiger partial charge in [0.05, 0.1) is 6.04 Å². The fourth-order valence-electron chi connectivity index (χ4n) is 7.01. The monoisotopic (exact) mass is 695 g/mol. The standard InChI is InChI=1S/C41H41N7O4/c49-39(33-19-21-47(22-20-33)41(51)52)43-37(27-30-15-17-32-11-5-7-13-35(32)25-30)40(50)42-36(26-29-14-16-31-10-4-6-12-34(31)24-29)38-44-45-46-48(38)23-18-28-8-2-1-3-9-28/h1-17,24-25,33,36-37H,18-23,26-27H2,(H,42,50)(H,43,49)(H,51,52)/t36-,37-/m1/s1. The molecule has 2 atom stereocenters. The third-order valence-electron chi connectivity index (χ3n) is 9.92. The highest BCUT2D eigenvalue weighted by molar-refractivity contribution is 5.90. The molecule has 5 aromatic carbocycles. The van der Waals surface area contributed by atoms with Crippen LogP contribution in [0.1, 0.15) is 41.4 Å². The Morgan fingerprint density at radius 2 is 1.31 bits per heavy atom. The number of amides is 3. The molecule has 1 aliphatic rings. The predicted octanol–water partition coefficient (Wildman–Crippen LogP) is 5.74. The van der Waals surface area contributed by atoms with Crippen LogP contribution in [0.5, 0.6) is 0 Å². The van der Waals surface area contributed by atoms with Crippen molar-refractivity contribution in [3.63, 3.8) is 0 Å². The Bertz CT molecular complexity index is 2180. The molecule has 1 aromatic heterocycles. The summed E-state index contributed by atoms with van der Waals surface area (Å²) in [6.07, 6.45) is 1.18. The lowest BCUT2D eigenvalue weighted by Gasteiger charge is -2.30. The van der Waals surface area contributed by atoms with Gasteiger partial charge in [0.15, 0.2) is 5.82 Å². The van der Waals surface area contributed by atoms with Crippen molar-refractivity contribution in [3.05, 3.63) is 138 Å². The molecule has 0 aliphatic carbocycles. The van der Waals surface area contributed by atoms with Gasteiger partial charge in [-0.2, -0.15) is 0 Å². The molecule has 0 spiro atoms. The van der Waals surface area contributed by atoms with Gasteiger partial charge in [-0.3, -0.25) is 9.59 Å². The average Bonchev–Trinajstić information content (AvgIpc) is 3.65. The largest absolute Gasteiger partial charge is 0.465 e. The minimum atomic E-state index is -0.990. The second kappa shape index (κ2) is 15.8. The van der Waals surface area contributed by atoms with Gasteiger partial charge in [0.25, 0.3) is 0 Å². The Kier molecular flexibility index (Phi) is 10.5. The molecule has 2 heterocycles. The number of aromatic nitrogens is 4. The molecule has 11 nitrogen and oxygen atoms in total. The summed E-state index contributed by atoms with van der Waals surface area (Å²) in [5, 5.41) is 32.8. The number of nitrogens with zero attached hydrogens (tertiary/aromatic N) is 5. The second-order valence-corrected chi connectivity index (χ2v) is 13.4. The maximum absolute atomic E-state index is 14.5. The van der Waals surface area contributed by atoms with Crippen LogP contribution in [0.2, 0.25) is 0 Å². The summed E-state index contributed by atoms with van der Waals surface area (Å²) in [5.41, 5.74) is 3.05. The van der Waals surface area contributed by atoms with Crippen LogP contribution in [0.4, 0.5) is 4.79 Å². The normalized spacial score (nSPS) is 14.6. The summed E-state index contributed by atoms with van der Waals surface area (Å²) in [6, 6.07) is 37.0. The predicted molar refractivity (Wildman–Crippen MR) is 198 cm³/mol. The maximum Gasteiger partial charge on any atom is 0.407 e. The van der Waals surface area contributed by atoms with Crippen molar-refractivity contribution < 1.29 is 19.5 Å². The molecule has 11 heteroatoms. The van der Waals surface area contributed by atoms with E-state index in [1.54, 1.807) is 4.68 Å². The fourth-order valence-corrected chi connectivity index (χ4v) is 7.01. The molecule has 264 valence electrons. The van der Waals surface area contributed by atoms with Gasteiger partial charge in [-0.05, 0) is 67.9 Å². The average molecular weight is 696 g/mol. The zero-order chi connectivity index (χ0) is 35.9. The number of piperidine rings is 1. The van der Waals surface area contributed by atoms with Crippen molar-refractivity contribution in [1.29, 1.82) is 0 Å². The number of benzene rings is 5. The Hall–Kier alpha value is -6.10. The Morgan fingerprint density at radius 3 is 1.94 bits per heavy atom. The summed E-state index contributed by atoms with van der Waals surface area (Å²) >= 11 is 0. The van der Waals surface area contributed by atoms with E-state index < -0.39 is 24.1 Å². The quantitative estimate of drug-likeness (QED) is 0.148. The van der Waals surface area contributed by atoms with E-state index in [0.717, 1.165) is 38.2 Å².